The number of rotatable bonds is 3. The number of amides is 1. The Morgan fingerprint density at radius 1 is 1.44 bits per heavy atom. The normalized spacial score (nSPS) is 34.6. The average molecular weight is 224 g/mol. The van der Waals surface area contributed by atoms with Crippen molar-refractivity contribution in [2.24, 2.45) is 17.8 Å². The molecule has 92 valence electrons. The van der Waals surface area contributed by atoms with E-state index in [0.29, 0.717) is 11.8 Å². The maximum Gasteiger partial charge on any atom is 0.227 e. The van der Waals surface area contributed by atoms with Crippen LogP contribution in [0.2, 0.25) is 0 Å². The van der Waals surface area contributed by atoms with E-state index < -0.39 is 0 Å². The molecule has 3 heteroatoms. The van der Waals surface area contributed by atoms with E-state index in [4.69, 9.17) is 0 Å². The van der Waals surface area contributed by atoms with Gasteiger partial charge in [0.2, 0.25) is 5.91 Å². The molecule has 0 aromatic rings. The average Bonchev–Trinajstić information content (AvgIpc) is 2.87. The van der Waals surface area contributed by atoms with Crippen LogP contribution in [0.3, 0.4) is 0 Å². The van der Waals surface area contributed by atoms with Gasteiger partial charge >= 0.3 is 0 Å². The van der Waals surface area contributed by atoms with E-state index in [1.807, 2.05) is 0 Å². The quantitative estimate of drug-likeness (QED) is 0.788. The molecule has 0 bridgehead atoms. The highest BCUT2D eigenvalue weighted by atomic mass is 16.2. The Morgan fingerprint density at radius 2 is 2.25 bits per heavy atom. The van der Waals surface area contributed by atoms with Gasteiger partial charge in [-0.15, -0.1) is 0 Å². The zero-order chi connectivity index (χ0) is 11.5. The Kier molecular flexibility index (Phi) is 3.85. The van der Waals surface area contributed by atoms with E-state index in [-0.39, 0.29) is 5.92 Å². The van der Waals surface area contributed by atoms with Gasteiger partial charge in [-0.1, -0.05) is 20.3 Å². The summed E-state index contributed by atoms with van der Waals surface area (Å²) in [6, 6.07) is 0. The van der Waals surface area contributed by atoms with Crippen molar-refractivity contribution in [2.75, 3.05) is 26.2 Å². The van der Waals surface area contributed by atoms with Crippen LogP contribution in [0.5, 0.6) is 0 Å². The van der Waals surface area contributed by atoms with Crippen LogP contribution in [0.15, 0.2) is 0 Å². The second kappa shape index (κ2) is 5.17. The van der Waals surface area contributed by atoms with Gasteiger partial charge in [-0.25, -0.2) is 0 Å². The number of hydrogen-bond acceptors (Lipinski definition) is 2. The molecule has 1 unspecified atom stereocenters. The van der Waals surface area contributed by atoms with Gasteiger partial charge in [0.1, 0.15) is 0 Å². The lowest BCUT2D eigenvalue weighted by Gasteiger charge is -2.22. The largest absolute Gasteiger partial charge is 0.342 e. The van der Waals surface area contributed by atoms with Crippen LogP contribution in [0.25, 0.3) is 0 Å². The van der Waals surface area contributed by atoms with E-state index >= 15 is 0 Å². The zero-order valence-corrected chi connectivity index (χ0v) is 10.5. The SMILES string of the molecule is CCCC1CCN(C(=O)[C@@H]2CNC[C@H]2C)C1. The minimum absolute atomic E-state index is 0.236. The molecule has 2 heterocycles. The van der Waals surface area contributed by atoms with Gasteiger partial charge in [0.25, 0.3) is 0 Å². The monoisotopic (exact) mass is 224 g/mol. The summed E-state index contributed by atoms with van der Waals surface area (Å²) >= 11 is 0. The fourth-order valence-corrected chi connectivity index (χ4v) is 3.05. The predicted octanol–water partition coefficient (Wildman–Crippen LogP) is 1.49. The predicted molar refractivity (Wildman–Crippen MR) is 65.1 cm³/mol. The summed E-state index contributed by atoms with van der Waals surface area (Å²) < 4.78 is 0. The maximum absolute atomic E-state index is 12.3. The topological polar surface area (TPSA) is 32.3 Å². The van der Waals surface area contributed by atoms with Crippen molar-refractivity contribution in [3.63, 3.8) is 0 Å². The van der Waals surface area contributed by atoms with Gasteiger partial charge in [-0.3, -0.25) is 4.79 Å². The molecule has 0 aromatic heterocycles. The van der Waals surface area contributed by atoms with Crippen LogP contribution in [-0.4, -0.2) is 37.0 Å². The Labute approximate surface area is 98.6 Å². The molecule has 2 rings (SSSR count). The van der Waals surface area contributed by atoms with Crippen molar-refractivity contribution in [3.05, 3.63) is 0 Å². The summed E-state index contributed by atoms with van der Waals surface area (Å²) in [5.41, 5.74) is 0. The molecule has 0 saturated carbocycles. The third-order valence-electron chi connectivity index (χ3n) is 4.13. The Bertz CT molecular complexity index is 254. The fourth-order valence-electron chi connectivity index (χ4n) is 3.05. The molecule has 3 nitrogen and oxygen atoms in total. The number of nitrogens with one attached hydrogen (secondary N) is 1. The molecule has 1 amide bonds. The van der Waals surface area contributed by atoms with E-state index in [0.717, 1.165) is 32.1 Å². The van der Waals surface area contributed by atoms with Crippen molar-refractivity contribution in [1.82, 2.24) is 10.2 Å². The van der Waals surface area contributed by atoms with Crippen molar-refractivity contribution in [1.29, 1.82) is 0 Å². The van der Waals surface area contributed by atoms with Crippen molar-refractivity contribution in [3.8, 4) is 0 Å². The maximum atomic E-state index is 12.3. The Morgan fingerprint density at radius 3 is 2.88 bits per heavy atom. The summed E-state index contributed by atoms with van der Waals surface area (Å²) in [7, 11) is 0. The zero-order valence-electron chi connectivity index (χ0n) is 10.5. The van der Waals surface area contributed by atoms with Crippen molar-refractivity contribution >= 4 is 5.91 Å². The van der Waals surface area contributed by atoms with Gasteiger partial charge in [-0.2, -0.15) is 0 Å². The van der Waals surface area contributed by atoms with E-state index in [2.05, 4.69) is 24.1 Å². The number of carbonyl (C=O) groups excluding carboxylic acids is 1. The highest BCUT2D eigenvalue weighted by Gasteiger charge is 2.35. The van der Waals surface area contributed by atoms with Crippen LogP contribution in [-0.2, 0) is 4.79 Å². The third-order valence-corrected chi connectivity index (χ3v) is 4.13. The molecule has 2 aliphatic rings. The first kappa shape index (κ1) is 11.9. The van der Waals surface area contributed by atoms with Gasteiger partial charge in [0.15, 0.2) is 0 Å². The second-order valence-electron chi connectivity index (χ2n) is 5.47. The van der Waals surface area contributed by atoms with Crippen LogP contribution in [0.4, 0.5) is 0 Å². The highest BCUT2D eigenvalue weighted by Crippen LogP contribution is 2.25. The first-order valence-electron chi connectivity index (χ1n) is 6.72. The molecule has 2 saturated heterocycles. The van der Waals surface area contributed by atoms with E-state index in [1.54, 1.807) is 0 Å². The summed E-state index contributed by atoms with van der Waals surface area (Å²) in [5, 5.41) is 3.32. The van der Waals surface area contributed by atoms with Crippen LogP contribution in [0, 0.1) is 17.8 Å². The first-order valence-corrected chi connectivity index (χ1v) is 6.72. The Hall–Kier alpha value is -0.570. The highest BCUT2D eigenvalue weighted by molar-refractivity contribution is 5.80. The number of nitrogens with zero attached hydrogens (tertiary/aromatic N) is 1. The van der Waals surface area contributed by atoms with E-state index in [1.165, 1.54) is 19.3 Å². The van der Waals surface area contributed by atoms with Gasteiger partial charge < -0.3 is 10.2 Å². The standard InChI is InChI=1S/C13H24N2O/c1-3-4-11-5-6-15(9-11)13(16)12-8-14-7-10(12)2/h10-12,14H,3-9H2,1-2H3/t10-,11?,12-/m1/s1. The van der Waals surface area contributed by atoms with Gasteiger partial charge in [0.05, 0.1) is 5.92 Å². The summed E-state index contributed by atoms with van der Waals surface area (Å²) in [6.45, 7) is 8.30. The van der Waals surface area contributed by atoms with E-state index in [9.17, 15) is 4.79 Å². The Balaban J connectivity index is 1.86. The lowest BCUT2D eigenvalue weighted by atomic mass is 9.96. The second-order valence-corrected chi connectivity index (χ2v) is 5.47. The first-order chi connectivity index (χ1) is 7.72. The summed E-state index contributed by atoms with van der Waals surface area (Å²) in [6.07, 6.45) is 3.74. The lowest BCUT2D eigenvalue weighted by Crippen LogP contribution is -2.37. The molecule has 16 heavy (non-hydrogen) atoms. The molecular weight excluding hydrogens is 200 g/mol. The molecule has 2 fully saturated rings. The lowest BCUT2D eigenvalue weighted by molar-refractivity contribution is -0.135. The van der Waals surface area contributed by atoms with Gasteiger partial charge in [-0.05, 0) is 31.2 Å². The molecule has 0 aromatic carbocycles. The number of likely N-dealkylation sites (tertiary alicyclic amines) is 1. The number of hydrogen-bond donors (Lipinski definition) is 1. The number of carbonyl (C=O) groups is 1. The summed E-state index contributed by atoms with van der Waals surface area (Å²) in [4.78, 5) is 14.4. The van der Waals surface area contributed by atoms with Crippen LogP contribution < -0.4 is 5.32 Å². The molecule has 2 aliphatic heterocycles. The fraction of sp³-hybridized carbons (Fsp3) is 0.923. The molecule has 0 spiro atoms. The molecule has 3 atom stereocenters. The van der Waals surface area contributed by atoms with Gasteiger partial charge in [0, 0.05) is 19.6 Å². The minimum atomic E-state index is 0.236. The molecule has 1 N–H and O–H groups in total. The van der Waals surface area contributed by atoms with Crippen molar-refractivity contribution in [2.45, 2.75) is 33.1 Å². The van der Waals surface area contributed by atoms with Crippen LogP contribution >= 0.6 is 0 Å². The molecule has 0 aliphatic carbocycles. The minimum Gasteiger partial charge on any atom is -0.342 e. The smallest absolute Gasteiger partial charge is 0.227 e. The summed E-state index contributed by atoms with van der Waals surface area (Å²) in [5.74, 6) is 1.91. The molecule has 0 radical (unpaired) electrons. The van der Waals surface area contributed by atoms with Crippen LogP contribution in [0.1, 0.15) is 33.1 Å². The third kappa shape index (κ3) is 2.40. The van der Waals surface area contributed by atoms with Crippen molar-refractivity contribution < 1.29 is 4.79 Å². The molecular formula is C13H24N2O.